The zero-order valence-corrected chi connectivity index (χ0v) is 12.3. The maximum Gasteiger partial charge on any atom is 0.121 e. The van der Waals surface area contributed by atoms with Gasteiger partial charge in [0, 0.05) is 0 Å². The monoisotopic (exact) mass is 259 g/mol. The Morgan fingerprint density at radius 3 is 2.53 bits per heavy atom. The lowest BCUT2D eigenvalue weighted by Gasteiger charge is -2.19. The van der Waals surface area contributed by atoms with Crippen LogP contribution in [0.4, 0.5) is 0 Å². The fourth-order valence-electron chi connectivity index (χ4n) is 2.22. The summed E-state index contributed by atoms with van der Waals surface area (Å²) in [5, 5.41) is 12.6. The molecule has 0 aromatic heterocycles. The first-order valence-corrected chi connectivity index (χ1v) is 7.13. The molecule has 0 bridgehead atoms. The largest absolute Gasteiger partial charge is 0.304 e. The Hall–Kier alpha value is -1.37. The van der Waals surface area contributed by atoms with Gasteiger partial charge in [-0.3, -0.25) is 5.32 Å². The summed E-state index contributed by atoms with van der Waals surface area (Å²) >= 11 is 0. The predicted octanol–water partition coefficient (Wildman–Crippen LogP) is 2.88. The maximum atomic E-state index is 9.28. The first-order chi connectivity index (χ1) is 9.22. The Kier molecular flexibility index (Phi) is 7.17. The predicted molar refractivity (Wildman–Crippen MR) is 79.9 cm³/mol. The summed E-state index contributed by atoms with van der Waals surface area (Å²) in [6, 6.07) is 10.2. The number of rotatable bonds is 8. The molecule has 1 aromatic carbocycles. The number of benzene rings is 1. The van der Waals surface area contributed by atoms with Crippen LogP contribution in [-0.4, -0.2) is 31.1 Å². The summed E-state index contributed by atoms with van der Waals surface area (Å²) in [6.45, 7) is 10.6. The molecule has 1 atom stereocenters. The Morgan fingerprint density at radius 1 is 1.26 bits per heavy atom. The summed E-state index contributed by atoms with van der Waals surface area (Å²) in [4.78, 5) is 2.40. The van der Waals surface area contributed by atoms with Gasteiger partial charge in [-0.05, 0) is 50.7 Å². The molecule has 0 fully saturated rings. The summed E-state index contributed by atoms with van der Waals surface area (Å²) in [5.41, 5.74) is 2.26. The molecule has 0 saturated carbocycles. The molecular formula is C16H25N3. The fourth-order valence-corrected chi connectivity index (χ4v) is 2.22. The highest BCUT2D eigenvalue weighted by Crippen LogP contribution is 2.16. The molecule has 0 amide bonds. The average Bonchev–Trinajstić information content (AvgIpc) is 2.44. The molecule has 0 spiro atoms. The third kappa shape index (κ3) is 5.02. The van der Waals surface area contributed by atoms with E-state index in [2.05, 4.69) is 43.1 Å². The SMILES string of the molecule is CCN(CC)CCCNC(C#N)c1ccccc1C. The molecule has 0 aliphatic carbocycles. The molecule has 1 rings (SSSR count). The Balaban J connectivity index is 2.43. The van der Waals surface area contributed by atoms with Crippen LogP contribution in [0.2, 0.25) is 0 Å². The van der Waals surface area contributed by atoms with Gasteiger partial charge in [-0.2, -0.15) is 5.26 Å². The van der Waals surface area contributed by atoms with Crippen LogP contribution in [0.25, 0.3) is 0 Å². The van der Waals surface area contributed by atoms with Crippen LogP contribution in [0, 0.1) is 18.3 Å². The van der Waals surface area contributed by atoms with Crippen LogP contribution in [0.3, 0.4) is 0 Å². The second kappa shape index (κ2) is 8.68. The molecule has 1 N–H and O–H groups in total. The van der Waals surface area contributed by atoms with Gasteiger partial charge < -0.3 is 4.90 Å². The second-order valence-corrected chi connectivity index (χ2v) is 4.75. The molecule has 1 aromatic rings. The van der Waals surface area contributed by atoms with Crippen LogP contribution in [0.1, 0.15) is 37.4 Å². The van der Waals surface area contributed by atoms with Crippen molar-refractivity contribution in [3.05, 3.63) is 35.4 Å². The van der Waals surface area contributed by atoms with E-state index in [9.17, 15) is 5.26 Å². The lowest BCUT2D eigenvalue weighted by atomic mass is 10.0. The molecular weight excluding hydrogens is 234 g/mol. The van der Waals surface area contributed by atoms with Crippen LogP contribution in [0.15, 0.2) is 24.3 Å². The minimum atomic E-state index is -0.196. The molecule has 104 valence electrons. The van der Waals surface area contributed by atoms with Crippen molar-refractivity contribution in [2.45, 2.75) is 33.2 Å². The number of aryl methyl sites for hydroxylation is 1. The molecule has 3 heteroatoms. The molecule has 0 radical (unpaired) electrons. The summed E-state index contributed by atoms with van der Waals surface area (Å²) < 4.78 is 0. The van der Waals surface area contributed by atoms with Gasteiger partial charge in [-0.1, -0.05) is 38.1 Å². The van der Waals surface area contributed by atoms with E-state index < -0.39 is 0 Å². The molecule has 0 aliphatic heterocycles. The number of hydrogen-bond donors (Lipinski definition) is 1. The minimum absolute atomic E-state index is 0.196. The average molecular weight is 259 g/mol. The Morgan fingerprint density at radius 2 is 1.95 bits per heavy atom. The van der Waals surface area contributed by atoms with E-state index in [1.54, 1.807) is 0 Å². The number of nitrogens with zero attached hydrogens (tertiary/aromatic N) is 2. The highest BCUT2D eigenvalue weighted by Gasteiger charge is 2.11. The first kappa shape index (κ1) is 15.7. The highest BCUT2D eigenvalue weighted by molar-refractivity contribution is 5.32. The second-order valence-electron chi connectivity index (χ2n) is 4.75. The van der Waals surface area contributed by atoms with Crippen molar-refractivity contribution in [1.82, 2.24) is 10.2 Å². The fraction of sp³-hybridized carbons (Fsp3) is 0.562. The molecule has 0 heterocycles. The molecule has 3 nitrogen and oxygen atoms in total. The van der Waals surface area contributed by atoms with E-state index in [1.165, 1.54) is 5.56 Å². The van der Waals surface area contributed by atoms with E-state index in [1.807, 2.05) is 18.2 Å². The van der Waals surface area contributed by atoms with Crippen molar-refractivity contribution in [2.75, 3.05) is 26.2 Å². The zero-order chi connectivity index (χ0) is 14.1. The number of nitriles is 1. The van der Waals surface area contributed by atoms with Gasteiger partial charge in [0.2, 0.25) is 0 Å². The first-order valence-electron chi connectivity index (χ1n) is 7.13. The van der Waals surface area contributed by atoms with Crippen molar-refractivity contribution >= 4 is 0 Å². The van der Waals surface area contributed by atoms with Gasteiger partial charge in [-0.25, -0.2) is 0 Å². The van der Waals surface area contributed by atoms with Gasteiger partial charge in [0.15, 0.2) is 0 Å². The third-order valence-electron chi connectivity index (χ3n) is 3.52. The smallest absolute Gasteiger partial charge is 0.121 e. The lowest BCUT2D eigenvalue weighted by molar-refractivity contribution is 0.297. The summed E-state index contributed by atoms with van der Waals surface area (Å²) in [7, 11) is 0. The van der Waals surface area contributed by atoms with E-state index in [0.29, 0.717) is 0 Å². The van der Waals surface area contributed by atoms with E-state index in [-0.39, 0.29) is 6.04 Å². The minimum Gasteiger partial charge on any atom is -0.304 e. The van der Waals surface area contributed by atoms with Gasteiger partial charge in [0.05, 0.1) is 6.07 Å². The highest BCUT2D eigenvalue weighted by atomic mass is 15.1. The van der Waals surface area contributed by atoms with Gasteiger partial charge in [-0.15, -0.1) is 0 Å². The van der Waals surface area contributed by atoms with Crippen molar-refractivity contribution in [3.8, 4) is 6.07 Å². The van der Waals surface area contributed by atoms with E-state index in [4.69, 9.17) is 0 Å². The zero-order valence-electron chi connectivity index (χ0n) is 12.3. The summed E-state index contributed by atoms with van der Waals surface area (Å²) in [5.74, 6) is 0. The maximum absolute atomic E-state index is 9.28. The number of hydrogen-bond acceptors (Lipinski definition) is 3. The Bertz CT molecular complexity index is 405. The third-order valence-corrected chi connectivity index (χ3v) is 3.52. The van der Waals surface area contributed by atoms with Gasteiger partial charge in [0.1, 0.15) is 6.04 Å². The molecule has 0 saturated heterocycles. The summed E-state index contributed by atoms with van der Waals surface area (Å²) in [6.07, 6.45) is 1.08. The molecule has 1 unspecified atom stereocenters. The normalized spacial score (nSPS) is 12.4. The van der Waals surface area contributed by atoms with Crippen LogP contribution in [-0.2, 0) is 0 Å². The van der Waals surface area contributed by atoms with Gasteiger partial charge in [0.25, 0.3) is 0 Å². The Labute approximate surface area is 117 Å². The number of nitrogens with one attached hydrogen (secondary N) is 1. The van der Waals surface area contributed by atoms with Crippen molar-refractivity contribution in [2.24, 2.45) is 0 Å². The van der Waals surface area contributed by atoms with Crippen LogP contribution >= 0.6 is 0 Å². The van der Waals surface area contributed by atoms with Crippen LogP contribution in [0.5, 0.6) is 0 Å². The van der Waals surface area contributed by atoms with Gasteiger partial charge >= 0.3 is 0 Å². The van der Waals surface area contributed by atoms with Crippen molar-refractivity contribution in [3.63, 3.8) is 0 Å². The lowest BCUT2D eigenvalue weighted by Crippen LogP contribution is -2.28. The molecule has 19 heavy (non-hydrogen) atoms. The van der Waals surface area contributed by atoms with Crippen LogP contribution < -0.4 is 5.32 Å². The quantitative estimate of drug-likeness (QED) is 0.730. The van der Waals surface area contributed by atoms with Crippen molar-refractivity contribution < 1.29 is 0 Å². The van der Waals surface area contributed by atoms with E-state index in [0.717, 1.165) is 38.2 Å². The standard InChI is InChI=1S/C16H25N3/c1-4-19(5-2)12-8-11-18-16(13-17)15-10-7-6-9-14(15)3/h6-7,9-10,16,18H,4-5,8,11-12H2,1-3H3. The van der Waals surface area contributed by atoms with E-state index >= 15 is 0 Å². The van der Waals surface area contributed by atoms with Crippen molar-refractivity contribution in [1.29, 1.82) is 5.26 Å². The molecule has 0 aliphatic rings. The topological polar surface area (TPSA) is 39.1 Å².